The van der Waals surface area contributed by atoms with Crippen LogP contribution in [-0.2, 0) is 27.2 Å². The Morgan fingerprint density at radius 3 is 2.21 bits per heavy atom. The zero-order valence-electron chi connectivity index (χ0n) is 32.2. The number of amides is 4. The molecule has 0 bridgehead atoms. The summed E-state index contributed by atoms with van der Waals surface area (Å²) in [4.78, 5) is 67.0. The van der Waals surface area contributed by atoms with Gasteiger partial charge in [-0.15, -0.1) is 0 Å². The molecule has 1 aliphatic rings. The van der Waals surface area contributed by atoms with Gasteiger partial charge in [0.15, 0.2) is 5.60 Å². The van der Waals surface area contributed by atoms with Gasteiger partial charge in [0.05, 0.1) is 12.4 Å². The molecule has 292 valence electrons. The van der Waals surface area contributed by atoms with Crippen LogP contribution in [0.15, 0.2) is 110 Å². The van der Waals surface area contributed by atoms with Crippen molar-refractivity contribution in [3.8, 4) is 0 Å². The molecule has 5 N–H and O–H groups in total. The van der Waals surface area contributed by atoms with Crippen LogP contribution in [0.25, 0.3) is 10.8 Å². The number of H-pyrrole nitrogens is 1. The summed E-state index contributed by atoms with van der Waals surface area (Å²) in [6.07, 6.45) is 4.14. The SMILES string of the molecule is CCC[C@H](NC(=O)[C@H](Cc1cnc[nH]1)NC(=O)[C@H](Cc1cccc2ccccc12)NC(=O)c1ccccc1)[C@](C)(O)C(=O)N1CCN(c2cccc(C)c2)CC1. The summed E-state index contributed by atoms with van der Waals surface area (Å²) in [7, 11) is 0. The van der Waals surface area contributed by atoms with Crippen molar-refractivity contribution >= 4 is 40.1 Å². The molecular formula is C44H51N7O5. The lowest BCUT2D eigenvalue weighted by atomic mass is 9.90. The number of aromatic nitrogens is 2. The van der Waals surface area contributed by atoms with E-state index in [9.17, 15) is 24.3 Å². The molecule has 1 aliphatic heterocycles. The van der Waals surface area contributed by atoms with Gasteiger partial charge in [0, 0.05) is 62.2 Å². The number of hydrogen-bond acceptors (Lipinski definition) is 7. The fraction of sp³-hybridized carbons (Fsp3) is 0.341. The van der Waals surface area contributed by atoms with Gasteiger partial charge in [0.2, 0.25) is 11.8 Å². The van der Waals surface area contributed by atoms with Crippen LogP contribution < -0.4 is 20.9 Å². The standard InChI is InChI=1S/C44H51N7O5/c1-4-12-39(44(3,56)43(55)51-23-21-50(22-24-51)35-19-10-13-30(2)25-35)49-42(54)38(27-34-28-45-29-46-34)48-41(53)37(47-40(52)32-15-6-5-7-16-32)26-33-18-11-17-31-14-8-9-20-36(31)33/h5-11,13-20,25,28-29,37-39,56H,4,12,21-24,26-27H2,1-3H3,(H,45,46)(H,47,52)(H,48,53)(H,49,54)/t37-,38-,39-,44-/m0/s1. The molecule has 0 saturated carbocycles. The van der Waals surface area contributed by atoms with Crippen LogP contribution in [0.4, 0.5) is 5.69 Å². The van der Waals surface area contributed by atoms with Crippen LogP contribution in [0.3, 0.4) is 0 Å². The smallest absolute Gasteiger partial charge is 0.256 e. The molecule has 6 rings (SSSR count). The largest absolute Gasteiger partial charge is 0.378 e. The Balaban J connectivity index is 1.20. The van der Waals surface area contributed by atoms with Crippen LogP contribution in [0.1, 0.15) is 53.9 Å². The van der Waals surface area contributed by atoms with Gasteiger partial charge in [-0.25, -0.2) is 4.98 Å². The van der Waals surface area contributed by atoms with E-state index in [-0.39, 0.29) is 12.8 Å². The summed E-state index contributed by atoms with van der Waals surface area (Å²) in [5.41, 5.74) is 2.14. The number of piperazine rings is 1. The molecule has 0 unspecified atom stereocenters. The second kappa shape index (κ2) is 18.1. The first-order chi connectivity index (χ1) is 27.0. The molecule has 0 aliphatic carbocycles. The first-order valence-corrected chi connectivity index (χ1v) is 19.3. The van der Waals surface area contributed by atoms with Crippen LogP contribution in [0.5, 0.6) is 0 Å². The highest BCUT2D eigenvalue weighted by Gasteiger charge is 2.44. The zero-order valence-corrected chi connectivity index (χ0v) is 32.2. The summed E-state index contributed by atoms with van der Waals surface area (Å²) in [6.45, 7) is 7.45. The van der Waals surface area contributed by atoms with Crippen molar-refractivity contribution in [2.75, 3.05) is 31.1 Å². The lowest BCUT2D eigenvalue weighted by molar-refractivity contribution is -0.154. The maximum atomic E-state index is 14.3. The van der Waals surface area contributed by atoms with Gasteiger partial charge in [-0.3, -0.25) is 19.2 Å². The molecule has 4 aromatic carbocycles. The molecule has 12 nitrogen and oxygen atoms in total. The van der Waals surface area contributed by atoms with E-state index < -0.39 is 47.4 Å². The van der Waals surface area contributed by atoms with E-state index in [0.29, 0.717) is 50.3 Å². The molecule has 4 atom stereocenters. The van der Waals surface area contributed by atoms with E-state index in [1.807, 2.05) is 68.4 Å². The van der Waals surface area contributed by atoms with Gasteiger partial charge < -0.3 is 35.8 Å². The third-order valence-corrected chi connectivity index (χ3v) is 10.5. The number of fused-ring (bicyclic) bond motifs is 1. The Kier molecular flexibility index (Phi) is 12.8. The van der Waals surface area contributed by atoms with E-state index in [1.165, 1.54) is 13.3 Å². The first kappa shape index (κ1) is 39.7. The molecule has 1 fully saturated rings. The van der Waals surface area contributed by atoms with E-state index in [4.69, 9.17) is 0 Å². The normalized spacial score (nSPS) is 15.6. The average Bonchev–Trinajstić information content (AvgIpc) is 3.73. The number of anilines is 1. The van der Waals surface area contributed by atoms with E-state index in [2.05, 4.69) is 43.0 Å². The number of aromatic amines is 1. The maximum Gasteiger partial charge on any atom is 0.256 e. The van der Waals surface area contributed by atoms with Gasteiger partial charge in [-0.05, 0) is 66.4 Å². The Morgan fingerprint density at radius 1 is 0.821 bits per heavy atom. The van der Waals surface area contributed by atoms with Gasteiger partial charge in [-0.2, -0.15) is 0 Å². The zero-order chi connectivity index (χ0) is 39.7. The van der Waals surface area contributed by atoms with Crippen molar-refractivity contribution in [2.45, 2.75) is 70.2 Å². The van der Waals surface area contributed by atoms with Gasteiger partial charge >= 0.3 is 0 Å². The summed E-state index contributed by atoms with van der Waals surface area (Å²) in [6, 6.07) is 27.3. The molecular weight excluding hydrogens is 707 g/mol. The molecule has 4 amide bonds. The number of nitrogens with zero attached hydrogens (tertiary/aromatic N) is 3. The molecule has 56 heavy (non-hydrogen) atoms. The van der Waals surface area contributed by atoms with Crippen molar-refractivity contribution in [1.29, 1.82) is 0 Å². The summed E-state index contributed by atoms with van der Waals surface area (Å²) >= 11 is 0. The Labute approximate surface area is 327 Å². The lowest BCUT2D eigenvalue weighted by Crippen LogP contribution is -2.64. The van der Waals surface area contributed by atoms with Crippen LogP contribution >= 0.6 is 0 Å². The predicted octanol–water partition coefficient (Wildman–Crippen LogP) is 4.32. The second-order valence-electron chi connectivity index (χ2n) is 14.7. The van der Waals surface area contributed by atoms with Crippen molar-refractivity contribution < 1.29 is 24.3 Å². The van der Waals surface area contributed by atoms with Gasteiger partial charge in [0.25, 0.3) is 11.8 Å². The minimum absolute atomic E-state index is 0.0427. The fourth-order valence-corrected chi connectivity index (χ4v) is 7.34. The Hall–Kier alpha value is -6.01. The van der Waals surface area contributed by atoms with Gasteiger partial charge in [0.1, 0.15) is 12.1 Å². The lowest BCUT2D eigenvalue weighted by Gasteiger charge is -2.41. The molecule has 0 radical (unpaired) electrons. The number of hydrogen-bond donors (Lipinski definition) is 5. The topological polar surface area (TPSA) is 160 Å². The van der Waals surface area contributed by atoms with Crippen molar-refractivity contribution in [1.82, 2.24) is 30.8 Å². The van der Waals surface area contributed by atoms with E-state index in [1.54, 1.807) is 41.4 Å². The first-order valence-electron chi connectivity index (χ1n) is 19.3. The highest BCUT2D eigenvalue weighted by Crippen LogP contribution is 2.24. The number of imidazole rings is 1. The van der Waals surface area contributed by atoms with Crippen molar-refractivity contribution in [3.63, 3.8) is 0 Å². The Bertz CT molecular complexity index is 2110. The second-order valence-corrected chi connectivity index (χ2v) is 14.7. The molecule has 5 aromatic rings. The number of nitrogens with one attached hydrogen (secondary N) is 4. The van der Waals surface area contributed by atoms with Crippen molar-refractivity contribution in [3.05, 3.63) is 132 Å². The predicted molar refractivity (Wildman–Crippen MR) is 217 cm³/mol. The third kappa shape index (κ3) is 9.61. The van der Waals surface area contributed by atoms with E-state index in [0.717, 1.165) is 27.6 Å². The summed E-state index contributed by atoms with van der Waals surface area (Å²) < 4.78 is 0. The molecule has 2 heterocycles. The van der Waals surface area contributed by atoms with Crippen molar-refractivity contribution in [2.24, 2.45) is 0 Å². The minimum Gasteiger partial charge on any atom is -0.378 e. The van der Waals surface area contributed by atoms with Crippen LogP contribution in [-0.4, -0.2) is 93.5 Å². The number of benzene rings is 4. The highest BCUT2D eigenvalue weighted by molar-refractivity contribution is 5.99. The average molecular weight is 758 g/mol. The quantitative estimate of drug-likeness (QED) is 0.106. The summed E-state index contributed by atoms with van der Waals surface area (Å²) in [5.74, 6) is -2.05. The van der Waals surface area contributed by atoms with Crippen LogP contribution in [0, 0.1) is 6.92 Å². The number of aliphatic hydroxyl groups is 1. The highest BCUT2D eigenvalue weighted by atomic mass is 16.3. The minimum atomic E-state index is -1.93. The van der Waals surface area contributed by atoms with E-state index >= 15 is 0 Å². The number of rotatable bonds is 15. The third-order valence-electron chi connectivity index (χ3n) is 10.5. The fourth-order valence-electron chi connectivity index (χ4n) is 7.34. The number of carbonyl (C=O) groups excluding carboxylic acids is 4. The maximum absolute atomic E-state index is 14.3. The number of carbonyl (C=O) groups is 4. The summed E-state index contributed by atoms with van der Waals surface area (Å²) in [5, 5.41) is 22.6. The monoisotopic (exact) mass is 757 g/mol. The Morgan fingerprint density at radius 2 is 1.50 bits per heavy atom. The molecule has 0 spiro atoms. The molecule has 12 heteroatoms. The van der Waals surface area contributed by atoms with Gasteiger partial charge in [-0.1, -0.05) is 86.1 Å². The number of aryl methyl sites for hydroxylation is 1. The molecule has 1 saturated heterocycles. The molecule has 1 aromatic heterocycles. The van der Waals surface area contributed by atoms with Crippen LogP contribution in [0.2, 0.25) is 0 Å².